The fourth-order valence-electron chi connectivity index (χ4n) is 2.27. The van der Waals surface area contributed by atoms with Crippen molar-refractivity contribution >= 4 is 27.3 Å². The lowest BCUT2D eigenvalue weighted by Crippen LogP contribution is -2.22. The van der Waals surface area contributed by atoms with Gasteiger partial charge in [-0.15, -0.1) is 11.3 Å². The molecule has 1 N–H and O–H groups in total. The third-order valence-corrected chi connectivity index (χ3v) is 5.03. The van der Waals surface area contributed by atoms with Gasteiger partial charge in [0, 0.05) is 27.2 Å². The van der Waals surface area contributed by atoms with E-state index in [0.29, 0.717) is 6.04 Å². The summed E-state index contributed by atoms with van der Waals surface area (Å²) in [6.45, 7) is 5.16. The molecule has 2 aromatic rings. The maximum absolute atomic E-state index is 5.44. The predicted octanol–water partition coefficient (Wildman–Crippen LogP) is 4.72. The zero-order chi connectivity index (χ0) is 14.5. The summed E-state index contributed by atoms with van der Waals surface area (Å²) in [6.07, 6.45) is 0.996. The van der Waals surface area contributed by atoms with Gasteiger partial charge in [-0.2, -0.15) is 0 Å². The molecule has 0 fully saturated rings. The number of nitrogens with one attached hydrogen (secondary N) is 1. The van der Waals surface area contributed by atoms with Gasteiger partial charge in [-0.1, -0.05) is 19.1 Å². The average molecular weight is 354 g/mol. The van der Waals surface area contributed by atoms with Gasteiger partial charge >= 0.3 is 0 Å². The van der Waals surface area contributed by atoms with Crippen molar-refractivity contribution in [2.45, 2.75) is 26.3 Å². The molecule has 4 heteroatoms. The molecule has 1 aromatic carbocycles. The number of ether oxygens (including phenoxy) is 1. The second-order valence-corrected chi connectivity index (χ2v) is 6.69. The maximum atomic E-state index is 5.44. The Morgan fingerprint density at radius 1 is 1.35 bits per heavy atom. The highest BCUT2D eigenvalue weighted by atomic mass is 79.9. The smallest absolute Gasteiger partial charge is 0.122 e. The Morgan fingerprint density at radius 3 is 2.75 bits per heavy atom. The van der Waals surface area contributed by atoms with E-state index in [1.807, 2.05) is 0 Å². The molecular weight excluding hydrogens is 334 g/mol. The fourth-order valence-corrected chi connectivity index (χ4v) is 3.77. The molecule has 2 rings (SSSR count). The fraction of sp³-hybridized carbons (Fsp3) is 0.375. The van der Waals surface area contributed by atoms with Gasteiger partial charge in [0.25, 0.3) is 0 Å². The Hall–Kier alpha value is -0.840. The topological polar surface area (TPSA) is 21.3 Å². The first-order valence-electron chi connectivity index (χ1n) is 6.75. The molecule has 0 aliphatic rings. The van der Waals surface area contributed by atoms with Crippen LogP contribution in [-0.2, 0) is 6.42 Å². The SMILES string of the molecule is CCNC(Cc1cc(Br)cs1)c1ccc(C)c(OC)c1. The molecule has 0 spiro atoms. The Labute approximate surface area is 133 Å². The van der Waals surface area contributed by atoms with E-state index < -0.39 is 0 Å². The summed E-state index contributed by atoms with van der Waals surface area (Å²) in [5.41, 5.74) is 2.45. The summed E-state index contributed by atoms with van der Waals surface area (Å²) >= 11 is 5.31. The van der Waals surface area contributed by atoms with E-state index in [2.05, 4.69) is 64.7 Å². The van der Waals surface area contributed by atoms with E-state index in [-0.39, 0.29) is 0 Å². The predicted molar refractivity (Wildman–Crippen MR) is 89.9 cm³/mol. The van der Waals surface area contributed by atoms with Crippen molar-refractivity contribution in [3.8, 4) is 5.75 Å². The number of thiophene rings is 1. The third-order valence-electron chi connectivity index (χ3n) is 3.31. The van der Waals surface area contributed by atoms with E-state index in [9.17, 15) is 0 Å². The van der Waals surface area contributed by atoms with Gasteiger partial charge in [0.05, 0.1) is 7.11 Å². The summed E-state index contributed by atoms with van der Waals surface area (Å²) in [5.74, 6) is 0.956. The molecule has 0 amide bonds. The van der Waals surface area contributed by atoms with Crippen LogP contribution in [0.15, 0.2) is 34.1 Å². The van der Waals surface area contributed by atoms with Crippen molar-refractivity contribution in [1.82, 2.24) is 5.32 Å². The van der Waals surface area contributed by atoms with E-state index in [1.165, 1.54) is 16.0 Å². The first-order valence-corrected chi connectivity index (χ1v) is 8.42. The zero-order valence-electron chi connectivity index (χ0n) is 12.1. The number of likely N-dealkylation sites (N-methyl/N-ethyl adjacent to an activating group) is 1. The Kier molecular flexibility index (Phi) is 5.64. The summed E-state index contributed by atoms with van der Waals surface area (Å²) in [4.78, 5) is 1.38. The van der Waals surface area contributed by atoms with Crippen LogP contribution < -0.4 is 10.1 Å². The number of halogens is 1. The zero-order valence-corrected chi connectivity index (χ0v) is 14.5. The molecular formula is C16H20BrNOS. The summed E-state index contributed by atoms with van der Waals surface area (Å²) in [7, 11) is 1.73. The van der Waals surface area contributed by atoms with E-state index >= 15 is 0 Å². The molecule has 1 atom stereocenters. The van der Waals surface area contributed by atoms with E-state index in [1.54, 1.807) is 18.4 Å². The number of hydrogen-bond acceptors (Lipinski definition) is 3. The van der Waals surface area contributed by atoms with Gasteiger partial charge in [-0.3, -0.25) is 0 Å². The van der Waals surface area contributed by atoms with Crippen LogP contribution in [-0.4, -0.2) is 13.7 Å². The minimum Gasteiger partial charge on any atom is -0.496 e. The minimum atomic E-state index is 0.319. The van der Waals surface area contributed by atoms with Crippen LogP contribution >= 0.6 is 27.3 Å². The van der Waals surface area contributed by atoms with Crippen LogP contribution in [0.25, 0.3) is 0 Å². The van der Waals surface area contributed by atoms with Crippen molar-refractivity contribution in [2.75, 3.05) is 13.7 Å². The highest BCUT2D eigenvalue weighted by Gasteiger charge is 2.14. The third kappa shape index (κ3) is 3.84. The van der Waals surface area contributed by atoms with Gasteiger partial charge < -0.3 is 10.1 Å². The number of rotatable bonds is 6. The molecule has 0 saturated heterocycles. The molecule has 2 nitrogen and oxygen atoms in total. The van der Waals surface area contributed by atoms with Crippen LogP contribution in [0.4, 0.5) is 0 Å². The minimum absolute atomic E-state index is 0.319. The largest absolute Gasteiger partial charge is 0.496 e. The Morgan fingerprint density at radius 2 is 2.15 bits per heavy atom. The second kappa shape index (κ2) is 7.25. The first kappa shape index (κ1) is 15.5. The van der Waals surface area contributed by atoms with E-state index in [0.717, 1.165) is 23.2 Å². The highest BCUT2D eigenvalue weighted by molar-refractivity contribution is 9.10. The van der Waals surface area contributed by atoms with Gasteiger partial charge in [0.15, 0.2) is 0 Å². The van der Waals surface area contributed by atoms with Crippen molar-refractivity contribution in [3.63, 3.8) is 0 Å². The lowest BCUT2D eigenvalue weighted by atomic mass is 10.0. The number of aryl methyl sites for hydroxylation is 1. The molecule has 0 bridgehead atoms. The standard InChI is InChI=1S/C16H20BrNOS/c1-4-18-15(9-14-8-13(17)10-20-14)12-6-5-11(2)16(7-12)19-3/h5-8,10,15,18H,4,9H2,1-3H3. The van der Waals surface area contributed by atoms with Crippen LogP contribution in [0.5, 0.6) is 5.75 Å². The average Bonchev–Trinajstić information content (AvgIpc) is 2.84. The normalized spacial score (nSPS) is 12.4. The molecule has 0 saturated carbocycles. The van der Waals surface area contributed by atoms with Gasteiger partial charge in [-0.25, -0.2) is 0 Å². The first-order chi connectivity index (χ1) is 9.63. The quantitative estimate of drug-likeness (QED) is 0.810. The van der Waals surface area contributed by atoms with Crippen molar-refractivity contribution < 1.29 is 4.74 Å². The molecule has 0 aliphatic heterocycles. The van der Waals surface area contributed by atoms with Crippen LogP contribution in [0, 0.1) is 6.92 Å². The monoisotopic (exact) mass is 353 g/mol. The molecule has 20 heavy (non-hydrogen) atoms. The van der Waals surface area contributed by atoms with Crippen LogP contribution in [0.3, 0.4) is 0 Å². The summed E-state index contributed by atoms with van der Waals surface area (Å²) in [5, 5.41) is 5.70. The van der Waals surface area contributed by atoms with Crippen molar-refractivity contribution in [1.29, 1.82) is 0 Å². The van der Waals surface area contributed by atoms with Crippen molar-refractivity contribution in [3.05, 3.63) is 50.1 Å². The molecule has 1 heterocycles. The lowest BCUT2D eigenvalue weighted by Gasteiger charge is -2.19. The summed E-state index contributed by atoms with van der Waals surface area (Å²) in [6, 6.07) is 8.97. The Bertz CT molecular complexity index is 567. The van der Waals surface area contributed by atoms with E-state index in [4.69, 9.17) is 4.74 Å². The van der Waals surface area contributed by atoms with Gasteiger partial charge in [-0.05, 0) is 52.7 Å². The highest BCUT2D eigenvalue weighted by Crippen LogP contribution is 2.28. The lowest BCUT2D eigenvalue weighted by molar-refractivity contribution is 0.410. The molecule has 0 radical (unpaired) electrons. The number of benzene rings is 1. The van der Waals surface area contributed by atoms with Crippen molar-refractivity contribution in [2.24, 2.45) is 0 Å². The van der Waals surface area contributed by atoms with Gasteiger partial charge in [0.1, 0.15) is 5.75 Å². The van der Waals surface area contributed by atoms with Crippen LogP contribution in [0.2, 0.25) is 0 Å². The van der Waals surface area contributed by atoms with Crippen LogP contribution in [0.1, 0.15) is 29.0 Å². The molecule has 1 unspecified atom stereocenters. The molecule has 0 aliphatic carbocycles. The molecule has 108 valence electrons. The number of methoxy groups -OCH3 is 1. The second-order valence-electron chi connectivity index (χ2n) is 4.77. The summed E-state index contributed by atoms with van der Waals surface area (Å²) < 4.78 is 6.60. The van der Waals surface area contributed by atoms with Gasteiger partial charge in [0.2, 0.25) is 0 Å². The Balaban J connectivity index is 2.23. The number of hydrogen-bond donors (Lipinski definition) is 1. The maximum Gasteiger partial charge on any atom is 0.122 e. The molecule has 1 aromatic heterocycles.